The van der Waals surface area contributed by atoms with Gasteiger partial charge in [-0.2, -0.15) is 0 Å². The van der Waals surface area contributed by atoms with Crippen LogP contribution in [0.15, 0.2) is 48.5 Å². The van der Waals surface area contributed by atoms with Crippen molar-refractivity contribution in [2.75, 3.05) is 5.32 Å². The summed E-state index contributed by atoms with van der Waals surface area (Å²) in [6, 6.07) is 13.3. The Hall–Kier alpha value is -3.02. The number of nitrogens with one attached hydrogen (secondary N) is 1. The zero-order valence-electron chi connectivity index (χ0n) is 12.7. The average Bonchev–Trinajstić information content (AvgIpc) is 2.92. The Balaban J connectivity index is 1.85. The van der Waals surface area contributed by atoms with Crippen molar-refractivity contribution >= 4 is 11.6 Å². The van der Waals surface area contributed by atoms with Crippen LogP contribution in [0.25, 0.3) is 5.69 Å². The SMILES string of the molecule is Cc1ccc(NC(=O)c2nnn(-c3ccc(F)cc3)c2C)cc1. The van der Waals surface area contributed by atoms with Crippen LogP contribution in [0.4, 0.5) is 10.1 Å². The third-order valence-corrected chi connectivity index (χ3v) is 3.49. The fraction of sp³-hybridized carbons (Fsp3) is 0.118. The molecule has 0 aliphatic carbocycles. The minimum absolute atomic E-state index is 0.231. The average molecular weight is 310 g/mol. The van der Waals surface area contributed by atoms with Gasteiger partial charge in [0.05, 0.1) is 11.4 Å². The Morgan fingerprint density at radius 3 is 2.35 bits per heavy atom. The van der Waals surface area contributed by atoms with Crippen molar-refractivity contribution in [1.29, 1.82) is 0 Å². The molecule has 1 N–H and O–H groups in total. The van der Waals surface area contributed by atoms with Gasteiger partial charge in [0.1, 0.15) is 5.82 Å². The molecule has 0 fully saturated rings. The first-order valence-electron chi connectivity index (χ1n) is 7.11. The van der Waals surface area contributed by atoms with E-state index in [2.05, 4.69) is 15.6 Å². The number of hydrogen-bond acceptors (Lipinski definition) is 3. The molecule has 23 heavy (non-hydrogen) atoms. The number of carbonyl (C=O) groups is 1. The van der Waals surface area contributed by atoms with Gasteiger partial charge in [-0.3, -0.25) is 4.79 Å². The molecule has 0 spiro atoms. The quantitative estimate of drug-likeness (QED) is 0.807. The third kappa shape index (κ3) is 3.11. The molecule has 1 heterocycles. The van der Waals surface area contributed by atoms with Crippen LogP contribution < -0.4 is 5.32 Å². The summed E-state index contributed by atoms with van der Waals surface area (Å²) < 4.78 is 14.5. The van der Waals surface area contributed by atoms with Gasteiger partial charge in [0.2, 0.25) is 0 Å². The summed E-state index contributed by atoms with van der Waals surface area (Å²) in [6.07, 6.45) is 0. The largest absolute Gasteiger partial charge is 0.321 e. The van der Waals surface area contributed by atoms with Gasteiger partial charge in [0.25, 0.3) is 5.91 Å². The Morgan fingerprint density at radius 1 is 1.04 bits per heavy atom. The molecule has 0 atom stereocenters. The number of nitrogens with zero attached hydrogens (tertiary/aromatic N) is 3. The van der Waals surface area contributed by atoms with Crippen LogP contribution in [0.3, 0.4) is 0 Å². The minimum atomic E-state index is -0.334. The molecule has 5 nitrogen and oxygen atoms in total. The van der Waals surface area contributed by atoms with Crippen molar-refractivity contribution in [3.8, 4) is 5.69 Å². The number of carbonyl (C=O) groups excluding carboxylic acids is 1. The predicted octanol–water partition coefficient (Wildman–Crippen LogP) is 3.28. The number of hydrogen-bond donors (Lipinski definition) is 1. The highest BCUT2D eigenvalue weighted by atomic mass is 19.1. The smallest absolute Gasteiger partial charge is 0.278 e. The fourth-order valence-electron chi connectivity index (χ4n) is 2.19. The van der Waals surface area contributed by atoms with Crippen molar-refractivity contribution in [3.63, 3.8) is 0 Å². The summed E-state index contributed by atoms with van der Waals surface area (Å²) >= 11 is 0. The van der Waals surface area contributed by atoms with Gasteiger partial charge in [-0.15, -0.1) is 5.10 Å². The molecule has 0 saturated carbocycles. The number of amides is 1. The number of rotatable bonds is 3. The van der Waals surface area contributed by atoms with E-state index in [1.54, 1.807) is 19.1 Å². The molecule has 1 amide bonds. The van der Waals surface area contributed by atoms with Crippen LogP contribution in [0.2, 0.25) is 0 Å². The highest BCUT2D eigenvalue weighted by molar-refractivity contribution is 6.03. The Bertz CT molecular complexity index is 838. The fourth-order valence-corrected chi connectivity index (χ4v) is 2.19. The standard InChI is InChI=1S/C17H15FN4O/c1-11-3-7-14(8-4-11)19-17(23)16-12(2)22(21-20-16)15-9-5-13(18)6-10-15/h3-10H,1-2H3,(H,19,23). The summed E-state index contributed by atoms with van der Waals surface area (Å²) in [6.45, 7) is 3.72. The van der Waals surface area contributed by atoms with E-state index < -0.39 is 0 Å². The van der Waals surface area contributed by atoms with Gasteiger partial charge in [0, 0.05) is 5.69 Å². The third-order valence-electron chi connectivity index (χ3n) is 3.49. The molecule has 116 valence electrons. The van der Waals surface area contributed by atoms with E-state index >= 15 is 0 Å². The second kappa shape index (κ2) is 6.00. The lowest BCUT2D eigenvalue weighted by molar-refractivity contribution is 0.102. The normalized spacial score (nSPS) is 10.6. The number of aromatic nitrogens is 3. The molecule has 1 aromatic heterocycles. The number of halogens is 1. The molecule has 6 heteroatoms. The van der Waals surface area contributed by atoms with Crippen LogP contribution in [-0.2, 0) is 0 Å². The molecule has 2 aromatic carbocycles. The lowest BCUT2D eigenvalue weighted by atomic mass is 10.2. The van der Waals surface area contributed by atoms with E-state index in [1.165, 1.54) is 16.8 Å². The molecule has 0 radical (unpaired) electrons. The molecular formula is C17H15FN4O. The van der Waals surface area contributed by atoms with E-state index in [-0.39, 0.29) is 17.4 Å². The zero-order chi connectivity index (χ0) is 16.4. The first-order chi connectivity index (χ1) is 11.0. The lowest BCUT2D eigenvalue weighted by Crippen LogP contribution is -2.14. The van der Waals surface area contributed by atoms with E-state index in [9.17, 15) is 9.18 Å². The molecule has 3 rings (SSSR count). The maximum Gasteiger partial charge on any atom is 0.278 e. The summed E-state index contributed by atoms with van der Waals surface area (Å²) in [5, 5.41) is 10.7. The van der Waals surface area contributed by atoms with Crippen LogP contribution in [0.1, 0.15) is 21.7 Å². The topological polar surface area (TPSA) is 59.8 Å². The number of aryl methyl sites for hydroxylation is 1. The van der Waals surface area contributed by atoms with Crippen molar-refractivity contribution in [3.05, 3.63) is 71.3 Å². The van der Waals surface area contributed by atoms with Crippen LogP contribution in [0.5, 0.6) is 0 Å². The van der Waals surface area contributed by atoms with E-state index in [1.807, 2.05) is 31.2 Å². The van der Waals surface area contributed by atoms with E-state index in [4.69, 9.17) is 0 Å². The summed E-state index contributed by atoms with van der Waals surface area (Å²) in [5.74, 6) is -0.663. The van der Waals surface area contributed by atoms with E-state index in [0.717, 1.165) is 5.56 Å². The lowest BCUT2D eigenvalue weighted by Gasteiger charge is -2.05. The minimum Gasteiger partial charge on any atom is -0.321 e. The second-order valence-corrected chi connectivity index (χ2v) is 5.23. The highest BCUT2D eigenvalue weighted by Gasteiger charge is 2.17. The molecule has 0 unspecified atom stereocenters. The molecular weight excluding hydrogens is 295 g/mol. The van der Waals surface area contributed by atoms with Gasteiger partial charge in [0.15, 0.2) is 5.69 Å². The van der Waals surface area contributed by atoms with Gasteiger partial charge in [-0.1, -0.05) is 22.9 Å². The molecule has 0 aliphatic rings. The second-order valence-electron chi connectivity index (χ2n) is 5.23. The van der Waals surface area contributed by atoms with Crippen LogP contribution in [-0.4, -0.2) is 20.9 Å². The summed E-state index contributed by atoms with van der Waals surface area (Å²) in [5.41, 5.74) is 3.26. The first kappa shape index (κ1) is 14.9. The predicted molar refractivity (Wildman–Crippen MR) is 85.2 cm³/mol. The van der Waals surface area contributed by atoms with Crippen molar-refractivity contribution in [2.45, 2.75) is 13.8 Å². The highest BCUT2D eigenvalue weighted by Crippen LogP contribution is 2.15. The summed E-state index contributed by atoms with van der Waals surface area (Å²) in [4.78, 5) is 12.3. The monoisotopic (exact) mass is 310 g/mol. The van der Waals surface area contributed by atoms with Gasteiger partial charge < -0.3 is 5.32 Å². The first-order valence-corrected chi connectivity index (χ1v) is 7.11. The Morgan fingerprint density at radius 2 is 1.70 bits per heavy atom. The molecule has 0 aliphatic heterocycles. The van der Waals surface area contributed by atoms with Crippen molar-refractivity contribution in [2.24, 2.45) is 0 Å². The maximum absolute atomic E-state index is 13.0. The number of anilines is 1. The van der Waals surface area contributed by atoms with Crippen LogP contribution >= 0.6 is 0 Å². The van der Waals surface area contributed by atoms with E-state index in [0.29, 0.717) is 17.1 Å². The van der Waals surface area contributed by atoms with Crippen molar-refractivity contribution < 1.29 is 9.18 Å². The molecule has 3 aromatic rings. The summed E-state index contributed by atoms with van der Waals surface area (Å²) in [7, 11) is 0. The molecule has 0 bridgehead atoms. The van der Waals surface area contributed by atoms with Crippen molar-refractivity contribution in [1.82, 2.24) is 15.0 Å². The van der Waals surface area contributed by atoms with Crippen LogP contribution in [0, 0.1) is 19.7 Å². The van der Waals surface area contributed by atoms with Gasteiger partial charge >= 0.3 is 0 Å². The Labute approximate surface area is 132 Å². The maximum atomic E-state index is 13.0. The van der Waals surface area contributed by atoms with Gasteiger partial charge in [-0.05, 0) is 50.2 Å². The molecule has 0 saturated heterocycles. The number of benzene rings is 2. The Kier molecular flexibility index (Phi) is 3.89. The van der Waals surface area contributed by atoms with Gasteiger partial charge in [-0.25, -0.2) is 9.07 Å². The zero-order valence-corrected chi connectivity index (χ0v) is 12.7.